The minimum absolute atomic E-state index is 0.797. The summed E-state index contributed by atoms with van der Waals surface area (Å²) in [7, 11) is 1.67. The lowest BCUT2D eigenvalue weighted by Crippen LogP contribution is -2.13. The third-order valence-corrected chi connectivity index (χ3v) is 3.66. The van der Waals surface area contributed by atoms with Crippen LogP contribution in [-0.4, -0.2) is 33.4 Å². The van der Waals surface area contributed by atoms with Crippen LogP contribution in [0.2, 0.25) is 0 Å². The van der Waals surface area contributed by atoms with E-state index >= 15 is 0 Å². The highest BCUT2D eigenvalue weighted by atomic mass is 32.2. The number of nitrogens with zero attached hydrogens (tertiary/aromatic N) is 4. The van der Waals surface area contributed by atoms with Crippen molar-refractivity contribution in [1.29, 1.82) is 0 Å². The predicted molar refractivity (Wildman–Crippen MR) is 70.4 cm³/mol. The van der Waals surface area contributed by atoms with Gasteiger partial charge in [0.1, 0.15) is 5.75 Å². The number of aromatic nitrogens is 3. The molecule has 5 nitrogen and oxygen atoms in total. The third-order valence-electron chi connectivity index (χ3n) is 2.73. The molecule has 0 bridgehead atoms. The largest absolute Gasteiger partial charge is 0.497 e. The Morgan fingerprint density at radius 2 is 2.22 bits per heavy atom. The Hall–Kier alpha value is -1.82. The predicted octanol–water partition coefficient (Wildman–Crippen LogP) is 1.95. The molecule has 0 aliphatic carbocycles. The second-order valence-corrected chi connectivity index (χ2v) is 4.85. The Kier molecular flexibility index (Phi) is 2.79. The van der Waals surface area contributed by atoms with Crippen LogP contribution in [0.1, 0.15) is 11.4 Å². The van der Waals surface area contributed by atoms with Gasteiger partial charge in [-0.15, -0.1) is 10.2 Å². The smallest absolute Gasteiger partial charge is 0.212 e. The normalized spacial score (nSPS) is 14.0. The Morgan fingerprint density at radius 1 is 1.33 bits per heavy atom. The molecule has 0 radical (unpaired) electrons. The molecule has 2 aromatic rings. The van der Waals surface area contributed by atoms with Crippen molar-refractivity contribution in [3.05, 3.63) is 35.7 Å². The molecule has 1 aromatic carbocycles. The topological polar surface area (TPSA) is 52.3 Å². The van der Waals surface area contributed by atoms with E-state index < -0.39 is 0 Å². The van der Waals surface area contributed by atoms with Crippen LogP contribution in [0.25, 0.3) is 0 Å². The number of hydrogen-bond acceptors (Lipinski definition) is 5. The molecule has 0 atom stereocenters. The number of thioether (sulfide) groups is 1. The van der Waals surface area contributed by atoms with Crippen molar-refractivity contribution >= 4 is 17.5 Å². The lowest BCUT2D eigenvalue weighted by molar-refractivity contribution is 0.414. The molecule has 18 heavy (non-hydrogen) atoms. The summed E-state index contributed by atoms with van der Waals surface area (Å²) >= 11 is 1.64. The lowest BCUT2D eigenvalue weighted by atomic mass is 10.1. The fraction of sp³-hybridized carbons (Fsp3) is 0.250. The molecule has 3 rings (SSSR count). The van der Waals surface area contributed by atoms with Gasteiger partial charge in [0.15, 0.2) is 5.82 Å². The number of rotatable bonds is 2. The van der Waals surface area contributed by atoms with Crippen molar-refractivity contribution in [3.8, 4) is 5.75 Å². The van der Waals surface area contributed by atoms with E-state index in [1.807, 2.05) is 31.2 Å². The minimum atomic E-state index is 0.797. The quantitative estimate of drug-likeness (QED) is 0.828. The van der Waals surface area contributed by atoms with Crippen LogP contribution in [0.3, 0.4) is 0 Å². The highest BCUT2D eigenvalue weighted by Gasteiger charge is 2.17. The molecule has 2 heterocycles. The molecule has 1 aromatic heterocycles. The van der Waals surface area contributed by atoms with Gasteiger partial charge >= 0.3 is 0 Å². The van der Waals surface area contributed by atoms with Crippen LogP contribution in [-0.2, 0) is 0 Å². The van der Waals surface area contributed by atoms with E-state index in [9.17, 15) is 0 Å². The van der Waals surface area contributed by atoms with Crippen LogP contribution in [0, 0.1) is 6.92 Å². The average molecular weight is 260 g/mol. The molecule has 0 spiro atoms. The molecular formula is C12H12N4OS. The summed E-state index contributed by atoms with van der Waals surface area (Å²) in [4.78, 5) is 0. The summed E-state index contributed by atoms with van der Waals surface area (Å²) in [5.41, 5.74) is 2.08. The summed E-state index contributed by atoms with van der Waals surface area (Å²) in [5.74, 6) is 2.44. The van der Waals surface area contributed by atoms with E-state index in [-0.39, 0.29) is 0 Å². The van der Waals surface area contributed by atoms with Gasteiger partial charge in [0, 0.05) is 11.3 Å². The highest BCUT2D eigenvalue weighted by Crippen LogP contribution is 2.24. The van der Waals surface area contributed by atoms with Gasteiger partial charge in [0.25, 0.3) is 0 Å². The molecule has 0 fully saturated rings. The van der Waals surface area contributed by atoms with Gasteiger partial charge < -0.3 is 4.74 Å². The van der Waals surface area contributed by atoms with Gasteiger partial charge in [-0.2, -0.15) is 9.78 Å². The summed E-state index contributed by atoms with van der Waals surface area (Å²) < 4.78 is 7.01. The van der Waals surface area contributed by atoms with Crippen molar-refractivity contribution in [1.82, 2.24) is 14.9 Å². The van der Waals surface area contributed by atoms with E-state index in [0.717, 1.165) is 33.8 Å². The number of fused-ring (bicyclic) bond motifs is 1. The number of benzene rings is 1. The minimum Gasteiger partial charge on any atom is -0.497 e. The van der Waals surface area contributed by atoms with E-state index in [0.29, 0.717) is 0 Å². The Labute approximate surface area is 109 Å². The molecule has 0 amide bonds. The van der Waals surface area contributed by atoms with Crippen molar-refractivity contribution in [3.63, 3.8) is 0 Å². The van der Waals surface area contributed by atoms with E-state index in [1.54, 1.807) is 23.5 Å². The maximum Gasteiger partial charge on any atom is 0.212 e. The van der Waals surface area contributed by atoms with Crippen LogP contribution < -0.4 is 4.74 Å². The van der Waals surface area contributed by atoms with E-state index in [1.165, 1.54) is 0 Å². The zero-order chi connectivity index (χ0) is 12.5. The first-order valence-corrected chi connectivity index (χ1v) is 6.53. The summed E-state index contributed by atoms with van der Waals surface area (Å²) in [6.07, 6.45) is 0. The van der Waals surface area contributed by atoms with Gasteiger partial charge in [-0.05, 0) is 19.1 Å². The van der Waals surface area contributed by atoms with E-state index in [2.05, 4.69) is 15.3 Å². The van der Waals surface area contributed by atoms with Gasteiger partial charge in [-0.3, -0.25) is 0 Å². The van der Waals surface area contributed by atoms with Gasteiger partial charge in [-0.1, -0.05) is 23.9 Å². The van der Waals surface area contributed by atoms with Crippen molar-refractivity contribution in [2.45, 2.75) is 12.1 Å². The number of ether oxygens (including phenoxy) is 1. The number of hydrogen-bond donors (Lipinski definition) is 0. The highest BCUT2D eigenvalue weighted by molar-refractivity contribution is 7.99. The van der Waals surface area contributed by atoms with Crippen LogP contribution in [0.15, 0.2) is 34.5 Å². The monoisotopic (exact) mass is 260 g/mol. The average Bonchev–Trinajstić information content (AvgIpc) is 2.80. The standard InChI is InChI=1S/C12H12N4OS/c1-8-13-14-12-16(8)15-11(7-18-12)9-4-3-5-10(6-9)17-2/h3-6H,7H2,1-2H3. The summed E-state index contributed by atoms with van der Waals surface area (Å²) in [6.45, 7) is 1.90. The fourth-order valence-electron chi connectivity index (χ4n) is 1.77. The first-order valence-electron chi connectivity index (χ1n) is 5.55. The summed E-state index contributed by atoms with van der Waals surface area (Å²) in [5, 5.41) is 13.5. The van der Waals surface area contributed by atoms with Crippen molar-refractivity contribution < 1.29 is 4.74 Å². The molecule has 0 saturated heterocycles. The summed E-state index contributed by atoms with van der Waals surface area (Å²) in [6, 6.07) is 7.92. The first-order chi connectivity index (χ1) is 8.78. The molecule has 0 saturated carbocycles. The fourth-order valence-corrected chi connectivity index (χ4v) is 2.65. The van der Waals surface area contributed by atoms with Gasteiger partial charge in [0.2, 0.25) is 5.16 Å². The number of methoxy groups -OCH3 is 1. The molecule has 0 N–H and O–H groups in total. The van der Waals surface area contributed by atoms with Gasteiger partial charge in [-0.25, -0.2) is 0 Å². The van der Waals surface area contributed by atoms with Gasteiger partial charge in [0.05, 0.1) is 12.8 Å². The van der Waals surface area contributed by atoms with Crippen molar-refractivity contribution in [2.75, 3.05) is 12.9 Å². The second kappa shape index (κ2) is 4.45. The molecular weight excluding hydrogens is 248 g/mol. The number of aryl methyl sites for hydroxylation is 1. The SMILES string of the molecule is COc1cccc(C2=Nn3c(C)nnc3SC2)c1. The molecule has 0 unspecified atom stereocenters. The zero-order valence-corrected chi connectivity index (χ0v) is 10.9. The molecule has 1 aliphatic heterocycles. The van der Waals surface area contributed by atoms with E-state index in [4.69, 9.17) is 4.74 Å². The Balaban J connectivity index is 2.03. The lowest BCUT2D eigenvalue weighted by Gasteiger charge is -2.13. The maximum atomic E-state index is 5.23. The zero-order valence-electron chi connectivity index (χ0n) is 10.1. The van der Waals surface area contributed by atoms with Crippen LogP contribution >= 0.6 is 11.8 Å². The molecule has 92 valence electrons. The first kappa shape index (κ1) is 11.3. The van der Waals surface area contributed by atoms with Crippen molar-refractivity contribution in [2.24, 2.45) is 5.10 Å². The molecule has 6 heteroatoms. The molecule has 1 aliphatic rings. The second-order valence-electron chi connectivity index (χ2n) is 3.91. The third kappa shape index (κ3) is 1.88. The Morgan fingerprint density at radius 3 is 3.06 bits per heavy atom. The Bertz CT molecular complexity index is 620. The van der Waals surface area contributed by atoms with Crippen LogP contribution in [0.4, 0.5) is 0 Å². The maximum absolute atomic E-state index is 5.23. The van der Waals surface area contributed by atoms with Crippen LogP contribution in [0.5, 0.6) is 5.75 Å².